The average molecular weight is 995 g/mol. The first-order chi connectivity index (χ1) is 32.2. The molecule has 3 heterocycles. The molecule has 2 aliphatic carbocycles. The highest BCUT2D eigenvalue weighted by Crippen LogP contribution is 2.47. The fourth-order valence-electron chi connectivity index (χ4n) is 7.16. The topological polar surface area (TPSA) is 218 Å². The molecule has 3 aromatic rings. The zero-order valence-corrected chi connectivity index (χ0v) is 43.5. The lowest BCUT2D eigenvalue weighted by atomic mass is 10.0. The molecule has 4 N–H and O–H groups in total. The summed E-state index contributed by atoms with van der Waals surface area (Å²) in [6.45, 7) is 22.3. The number of primary amides is 1. The number of hydrogen-bond acceptors (Lipinski definition) is 12. The molecule has 2 aromatic heterocycles. The first-order valence-corrected chi connectivity index (χ1v) is 25.2. The number of halogens is 2. The van der Waals surface area contributed by atoms with Gasteiger partial charge in [0.2, 0.25) is 27.7 Å². The summed E-state index contributed by atoms with van der Waals surface area (Å²) in [5.74, 6) is -3.41. The molecule has 2 saturated carbocycles. The van der Waals surface area contributed by atoms with Gasteiger partial charge < -0.3 is 34.9 Å². The standard InChI is InChI=1S/C40H51N5O8S.C6H11F2NO2.2C2H6.3H2/c1-8-9-10-27-21-40(27,38(48)44-54(49,50)39(6)15-16-39)43-36(47)34-20-30(23-45(34)35(46)17-24(2)3)53-37-31-13-11-28(51-7)18-26(31)19-33(42-37)32-14-12-29(22-41-32)52-25(4)5;1-5(2,6(3,7)8)11-4(9)10;2*1-2;;;/h9-14,18-19,22,24-25,27,30,34H,8,15-17,20-21,23H2,1-7H3,(H,43,47)(H,44,48);1-3H3,(H2,9,10);2*1-2H3;3*1H/b10-9-;;;;;;/t27-,30-,34+,40-;;;;;;/m1....../s1. The maximum atomic E-state index is 14.3. The van der Waals surface area contributed by atoms with E-state index in [1.807, 2.05) is 111 Å². The van der Waals surface area contributed by atoms with Crippen LogP contribution >= 0.6 is 0 Å². The van der Waals surface area contributed by atoms with Crippen LogP contribution < -0.4 is 30.0 Å². The third kappa shape index (κ3) is 14.7. The summed E-state index contributed by atoms with van der Waals surface area (Å²) in [4.78, 5) is 62.7. The number of hydrogen-bond donors (Lipinski definition) is 3. The van der Waals surface area contributed by atoms with Crippen LogP contribution in [0.1, 0.15) is 133 Å². The number of rotatable bonds is 17. The second kappa shape index (κ2) is 23.8. The van der Waals surface area contributed by atoms with Crippen molar-refractivity contribution in [3.05, 3.63) is 54.7 Å². The summed E-state index contributed by atoms with van der Waals surface area (Å²) in [6.07, 6.45) is 5.74. The van der Waals surface area contributed by atoms with Crippen LogP contribution in [0.3, 0.4) is 0 Å². The summed E-state index contributed by atoms with van der Waals surface area (Å²) < 4.78 is 74.5. The fourth-order valence-corrected chi connectivity index (χ4v) is 8.48. The van der Waals surface area contributed by atoms with Gasteiger partial charge >= 0.3 is 6.09 Å². The van der Waals surface area contributed by atoms with Crippen LogP contribution in [0.2, 0.25) is 0 Å². The van der Waals surface area contributed by atoms with E-state index in [1.54, 1.807) is 20.2 Å². The normalized spacial score (nSPS) is 20.3. The highest BCUT2D eigenvalue weighted by Gasteiger charge is 2.63. The molecular formula is C50H80F2N6O10S. The lowest BCUT2D eigenvalue weighted by molar-refractivity contribution is -0.148. The van der Waals surface area contributed by atoms with Gasteiger partial charge in [0.1, 0.15) is 29.2 Å². The van der Waals surface area contributed by atoms with Gasteiger partial charge in [-0.1, -0.05) is 60.6 Å². The van der Waals surface area contributed by atoms with Crippen molar-refractivity contribution in [1.29, 1.82) is 0 Å². The zero-order chi connectivity index (χ0) is 52.3. The molecule has 19 heteroatoms. The van der Waals surface area contributed by atoms with Crippen molar-refractivity contribution in [3.8, 4) is 28.8 Å². The van der Waals surface area contributed by atoms with Gasteiger partial charge in [-0.25, -0.2) is 27.0 Å². The molecule has 0 spiro atoms. The van der Waals surface area contributed by atoms with Gasteiger partial charge in [0.15, 0.2) is 5.60 Å². The third-order valence-electron chi connectivity index (χ3n) is 11.7. The minimum atomic E-state index is -3.95. The van der Waals surface area contributed by atoms with Crippen molar-refractivity contribution in [3.63, 3.8) is 0 Å². The number of nitrogens with zero attached hydrogens (tertiary/aromatic N) is 3. The van der Waals surface area contributed by atoms with E-state index in [4.69, 9.17) is 19.2 Å². The Hall–Kier alpha value is -5.59. The van der Waals surface area contributed by atoms with Crippen LogP contribution in [0, 0.1) is 11.8 Å². The van der Waals surface area contributed by atoms with Crippen LogP contribution in [0.25, 0.3) is 22.2 Å². The number of sulfonamides is 1. The highest BCUT2D eigenvalue weighted by molar-refractivity contribution is 7.91. The smallest absolute Gasteiger partial charge is 0.405 e. The van der Waals surface area contributed by atoms with Gasteiger partial charge in [-0.05, 0) is 108 Å². The van der Waals surface area contributed by atoms with E-state index < -0.39 is 67.8 Å². The van der Waals surface area contributed by atoms with Crippen molar-refractivity contribution >= 4 is 44.6 Å². The summed E-state index contributed by atoms with van der Waals surface area (Å²) in [6, 6.07) is 10.1. The predicted octanol–water partition coefficient (Wildman–Crippen LogP) is 9.63. The molecule has 0 radical (unpaired) electrons. The molecular weight excluding hydrogens is 915 g/mol. The number of alkyl halides is 2. The van der Waals surface area contributed by atoms with Gasteiger partial charge in [-0.2, -0.15) is 0 Å². The molecule has 3 aliphatic rings. The third-order valence-corrected chi connectivity index (χ3v) is 13.9. The van der Waals surface area contributed by atoms with Crippen LogP contribution in [-0.4, -0.2) is 101 Å². The molecule has 4 atom stereocenters. The predicted molar refractivity (Wildman–Crippen MR) is 269 cm³/mol. The molecule has 4 amide bonds. The highest BCUT2D eigenvalue weighted by atomic mass is 32.2. The number of methoxy groups -OCH3 is 1. The second-order valence-electron chi connectivity index (χ2n) is 18.4. The zero-order valence-electron chi connectivity index (χ0n) is 42.7. The molecule has 1 saturated heterocycles. The number of ether oxygens (including phenoxy) is 4. The number of likely N-dealkylation sites (tertiary alicyclic amines) is 1. The number of benzene rings is 1. The Labute approximate surface area is 411 Å². The number of pyridine rings is 2. The number of carbonyl (C=O) groups excluding carboxylic acids is 4. The SMILES string of the molecule is CC.CC.CC(F)(F)C(C)(C)OC(N)=O.CC/C=C\[C@@H]1C[C@]1(NC(=O)[C@@H]1C[C@@H](Oc2nc(-c3ccc(OC(C)C)cn3)cc3cc(OC)ccc23)CN1C(=O)CC(C)C)C(=O)NS(=O)(=O)C1(C)CC1.[HH].[HH].[HH]. The van der Waals surface area contributed by atoms with E-state index in [1.165, 1.54) is 4.90 Å². The van der Waals surface area contributed by atoms with Crippen molar-refractivity contribution in [2.45, 2.75) is 169 Å². The van der Waals surface area contributed by atoms with Crippen LogP contribution in [0.5, 0.6) is 17.4 Å². The Balaban J connectivity index is 0.00000246. The molecule has 0 bridgehead atoms. The first-order valence-electron chi connectivity index (χ1n) is 23.7. The summed E-state index contributed by atoms with van der Waals surface area (Å²) in [5, 5.41) is 4.41. The van der Waals surface area contributed by atoms with Crippen molar-refractivity contribution in [2.24, 2.45) is 17.6 Å². The Morgan fingerprint density at radius 3 is 2.14 bits per heavy atom. The van der Waals surface area contributed by atoms with E-state index in [9.17, 15) is 36.4 Å². The largest absolute Gasteiger partial charge is 0.497 e. The Kier molecular flexibility index (Phi) is 19.9. The molecule has 1 aromatic carbocycles. The monoisotopic (exact) mass is 995 g/mol. The van der Waals surface area contributed by atoms with Gasteiger partial charge in [0, 0.05) is 35.3 Å². The van der Waals surface area contributed by atoms with E-state index >= 15 is 0 Å². The molecule has 3 fully saturated rings. The van der Waals surface area contributed by atoms with Gasteiger partial charge in [-0.15, -0.1) is 0 Å². The maximum absolute atomic E-state index is 14.3. The van der Waals surface area contributed by atoms with Crippen LogP contribution in [0.4, 0.5) is 13.6 Å². The quantitative estimate of drug-likeness (QED) is 0.108. The number of nitrogens with one attached hydrogen (secondary N) is 2. The summed E-state index contributed by atoms with van der Waals surface area (Å²) in [7, 11) is -2.36. The first kappa shape index (κ1) is 57.7. The summed E-state index contributed by atoms with van der Waals surface area (Å²) in [5.41, 5.74) is 2.41. The van der Waals surface area contributed by atoms with Crippen molar-refractivity contribution < 1.29 is 59.6 Å². The van der Waals surface area contributed by atoms with Crippen molar-refractivity contribution in [1.82, 2.24) is 24.9 Å². The van der Waals surface area contributed by atoms with Gasteiger partial charge in [0.25, 0.3) is 11.8 Å². The van der Waals surface area contributed by atoms with Gasteiger partial charge in [-0.3, -0.25) is 24.1 Å². The van der Waals surface area contributed by atoms with E-state index in [2.05, 4.69) is 25.5 Å². The number of fused-ring (bicyclic) bond motifs is 1. The number of amides is 4. The minimum absolute atomic E-state index is 0. The minimum Gasteiger partial charge on any atom is -0.497 e. The second-order valence-corrected chi connectivity index (χ2v) is 20.6. The molecule has 390 valence electrons. The number of allylic oxidation sites excluding steroid dienone is 1. The maximum Gasteiger partial charge on any atom is 0.405 e. The fraction of sp³-hybridized carbons (Fsp3) is 0.600. The Morgan fingerprint density at radius 1 is 1.00 bits per heavy atom. The lowest BCUT2D eigenvalue weighted by Crippen LogP contribution is -2.57. The summed E-state index contributed by atoms with van der Waals surface area (Å²) >= 11 is 0. The van der Waals surface area contributed by atoms with E-state index in [0.717, 1.165) is 19.2 Å². The van der Waals surface area contributed by atoms with Gasteiger partial charge in [0.05, 0.1) is 42.1 Å². The molecule has 16 nitrogen and oxygen atoms in total. The lowest BCUT2D eigenvalue weighted by Gasteiger charge is -2.29. The Bertz CT molecular complexity index is 2400. The number of nitrogens with two attached hydrogens (primary N) is 1. The molecule has 69 heavy (non-hydrogen) atoms. The van der Waals surface area contributed by atoms with Crippen LogP contribution in [-0.2, 0) is 29.1 Å². The number of carbonyl (C=O) groups is 4. The molecule has 6 rings (SSSR count). The van der Waals surface area contributed by atoms with E-state index in [0.29, 0.717) is 60.3 Å². The Morgan fingerprint density at radius 2 is 1.64 bits per heavy atom. The number of aromatic nitrogens is 2. The van der Waals surface area contributed by atoms with E-state index in [-0.39, 0.29) is 48.0 Å². The average Bonchev–Trinajstić information content (AvgIpc) is 4.16. The van der Waals surface area contributed by atoms with Crippen LogP contribution in [0.15, 0.2) is 54.7 Å². The molecule has 0 unspecified atom stereocenters. The van der Waals surface area contributed by atoms with Crippen molar-refractivity contribution in [2.75, 3.05) is 13.7 Å². The molecule has 1 aliphatic heterocycles.